The first kappa shape index (κ1) is 17.9. The van der Waals surface area contributed by atoms with E-state index in [0.717, 1.165) is 19.3 Å². The monoisotopic (exact) mass is 350 g/mol. The van der Waals surface area contributed by atoms with Crippen LogP contribution in [-0.2, 0) is 11.4 Å². The molecule has 0 bridgehead atoms. The smallest absolute Gasteiger partial charge is 0.289 e. The van der Waals surface area contributed by atoms with Crippen molar-refractivity contribution in [3.63, 3.8) is 0 Å². The molecule has 2 fully saturated rings. The molecular weight excluding hydrogens is 324 g/mol. The Hall–Kier alpha value is -1.86. The summed E-state index contributed by atoms with van der Waals surface area (Å²) in [5.74, 6) is 0.602. The first-order valence-corrected chi connectivity index (χ1v) is 8.87. The van der Waals surface area contributed by atoms with E-state index in [1.54, 1.807) is 28.9 Å². The molecule has 138 valence electrons. The molecule has 1 atom stereocenters. The standard InChI is InChI=1S/C18H26N2O5/c1-13(22)10-20-12-18(5-4-16(20)23)6-8-19(9-7-18)17(24)15-3-2-14(11-21)25-15/h2-3,13,21-22H,4-12H2,1H3. The number of hydrogen-bond acceptors (Lipinski definition) is 5. The largest absolute Gasteiger partial charge is 0.453 e. The average Bonchev–Trinajstić information content (AvgIpc) is 3.07. The van der Waals surface area contributed by atoms with Gasteiger partial charge in [0.2, 0.25) is 5.91 Å². The van der Waals surface area contributed by atoms with Gasteiger partial charge in [-0.1, -0.05) is 0 Å². The SMILES string of the molecule is CC(O)CN1CC2(CCC1=O)CCN(C(=O)c1ccc(CO)o1)CC2. The van der Waals surface area contributed by atoms with Gasteiger partial charge in [-0.25, -0.2) is 0 Å². The third kappa shape index (κ3) is 3.88. The van der Waals surface area contributed by atoms with Crippen molar-refractivity contribution in [2.24, 2.45) is 5.41 Å². The second kappa shape index (κ2) is 7.17. The number of rotatable bonds is 4. The van der Waals surface area contributed by atoms with Crippen LogP contribution in [0, 0.1) is 5.41 Å². The molecule has 1 unspecified atom stereocenters. The van der Waals surface area contributed by atoms with Crippen LogP contribution in [0.15, 0.2) is 16.5 Å². The average molecular weight is 350 g/mol. The zero-order chi connectivity index (χ0) is 18.0. The lowest BCUT2D eigenvalue weighted by Gasteiger charge is -2.47. The Balaban J connectivity index is 1.60. The number of piperidine rings is 2. The Morgan fingerprint density at radius 3 is 2.64 bits per heavy atom. The van der Waals surface area contributed by atoms with Crippen LogP contribution >= 0.6 is 0 Å². The van der Waals surface area contributed by atoms with Crippen LogP contribution in [0.1, 0.15) is 48.9 Å². The van der Waals surface area contributed by atoms with E-state index in [4.69, 9.17) is 9.52 Å². The van der Waals surface area contributed by atoms with Crippen molar-refractivity contribution >= 4 is 11.8 Å². The number of likely N-dealkylation sites (tertiary alicyclic amines) is 2. The summed E-state index contributed by atoms with van der Waals surface area (Å²) in [5, 5.41) is 18.6. The molecule has 1 aromatic rings. The molecule has 1 spiro atoms. The van der Waals surface area contributed by atoms with Crippen molar-refractivity contribution in [3.8, 4) is 0 Å². The number of aliphatic hydroxyl groups is 2. The molecule has 0 aromatic carbocycles. The van der Waals surface area contributed by atoms with Gasteiger partial charge in [-0.2, -0.15) is 0 Å². The summed E-state index contributed by atoms with van der Waals surface area (Å²) in [4.78, 5) is 28.1. The van der Waals surface area contributed by atoms with Gasteiger partial charge in [-0.15, -0.1) is 0 Å². The first-order chi connectivity index (χ1) is 11.9. The molecule has 2 N–H and O–H groups in total. The predicted molar refractivity (Wildman–Crippen MR) is 89.7 cm³/mol. The Bertz CT molecular complexity index is 631. The number of carbonyl (C=O) groups excluding carboxylic acids is 2. The number of aliphatic hydroxyl groups excluding tert-OH is 2. The van der Waals surface area contributed by atoms with Gasteiger partial charge in [-0.3, -0.25) is 9.59 Å². The van der Waals surface area contributed by atoms with Crippen molar-refractivity contribution in [2.75, 3.05) is 26.2 Å². The number of amides is 2. The topological polar surface area (TPSA) is 94.2 Å². The van der Waals surface area contributed by atoms with E-state index in [1.807, 2.05) is 0 Å². The van der Waals surface area contributed by atoms with Gasteiger partial charge in [0.05, 0.1) is 6.10 Å². The lowest BCUT2D eigenvalue weighted by molar-refractivity contribution is -0.140. The fourth-order valence-electron chi connectivity index (χ4n) is 3.91. The second-order valence-corrected chi connectivity index (χ2v) is 7.34. The Morgan fingerprint density at radius 2 is 2.04 bits per heavy atom. The molecule has 3 rings (SSSR count). The Morgan fingerprint density at radius 1 is 1.32 bits per heavy atom. The molecule has 2 aliphatic heterocycles. The van der Waals surface area contributed by atoms with E-state index in [2.05, 4.69) is 0 Å². The minimum Gasteiger partial charge on any atom is -0.453 e. The maximum atomic E-state index is 12.5. The Labute approximate surface area is 147 Å². The molecular formula is C18H26N2O5. The van der Waals surface area contributed by atoms with Crippen LogP contribution in [0.3, 0.4) is 0 Å². The highest BCUT2D eigenvalue weighted by atomic mass is 16.4. The molecule has 1 aromatic heterocycles. The minimum atomic E-state index is -0.527. The third-order valence-electron chi connectivity index (χ3n) is 5.37. The maximum Gasteiger partial charge on any atom is 0.289 e. The zero-order valence-electron chi connectivity index (χ0n) is 14.6. The highest BCUT2D eigenvalue weighted by Gasteiger charge is 2.42. The third-order valence-corrected chi connectivity index (χ3v) is 5.37. The van der Waals surface area contributed by atoms with Gasteiger partial charge in [0.15, 0.2) is 5.76 Å². The van der Waals surface area contributed by atoms with Gasteiger partial charge in [-0.05, 0) is 43.7 Å². The summed E-state index contributed by atoms with van der Waals surface area (Å²) in [6.07, 6.45) is 2.52. The number of carbonyl (C=O) groups is 2. The summed E-state index contributed by atoms with van der Waals surface area (Å²) in [6, 6.07) is 3.21. The number of hydrogen-bond donors (Lipinski definition) is 2. The number of nitrogens with zero attached hydrogens (tertiary/aromatic N) is 2. The number of β-amino-alcohol motifs (C(OH)–C–C–N with tert-alkyl or cyclic N) is 1. The maximum absolute atomic E-state index is 12.5. The lowest BCUT2D eigenvalue weighted by Crippen LogP contribution is -2.53. The molecule has 25 heavy (non-hydrogen) atoms. The van der Waals surface area contributed by atoms with Crippen LogP contribution in [0.2, 0.25) is 0 Å². The minimum absolute atomic E-state index is 0.0407. The lowest BCUT2D eigenvalue weighted by atomic mass is 9.72. The number of furan rings is 1. The van der Waals surface area contributed by atoms with E-state index in [9.17, 15) is 14.7 Å². The van der Waals surface area contributed by atoms with Crippen LogP contribution in [0.4, 0.5) is 0 Å². The molecule has 3 heterocycles. The zero-order valence-corrected chi connectivity index (χ0v) is 14.6. The van der Waals surface area contributed by atoms with Crippen LogP contribution < -0.4 is 0 Å². The highest BCUT2D eigenvalue weighted by molar-refractivity contribution is 5.91. The second-order valence-electron chi connectivity index (χ2n) is 7.34. The molecule has 0 aliphatic carbocycles. The van der Waals surface area contributed by atoms with Gasteiger partial charge < -0.3 is 24.4 Å². The quantitative estimate of drug-likeness (QED) is 0.845. The molecule has 7 heteroatoms. The fraction of sp³-hybridized carbons (Fsp3) is 0.667. The van der Waals surface area contributed by atoms with Crippen LogP contribution in [-0.4, -0.2) is 64.1 Å². The fourth-order valence-corrected chi connectivity index (χ4v) is 3.91. The van der Waals surface area contributed by atoms with E-state index < -0.39 is 6.10 Å². The van der Waals surface area contributed by atoms with Crippen molar-refractivity contribution in [2.45, 2.75) is 45.3 Å². The molecule has 0 saturated carbocycles. The van der Waals surface area contributed by atoms with Gasteiger partial charge >= 0.3 is 0 Å². The van der Waals surface area contributed by atoms with Crippen LogP contribution in [0.5, 0.6) is 0 Å². The van der Waals surface area contributed by atoms with E-state index in [-0.39, 0.29) is 29.6 Å². The first-order valence-electron chi connectivity index (χ1n) is 8.87. The van der Waals surface area contributed by atoms with Crippen LogP contribution in [0.25, 0.3) is 0 Å². The summed E-state index contributed by atoms with van der Waals surface area (Å²) in [5.41, 5.74) is 0.0407. The molecule has 7 nitrogen and oxygen atoms in total. The van der Waals surface area contributed by atoms with Crippen molar-refractivity contribution in [1.29, 1.82) is 0 Å². The highest BCUT2D eigenvalue weighted by Crippen LogP contribution is 2.40. The van der Waals surface area contributed by atoms with E-state index in [1.165, 1.54) is 0 Å². The summed E-state index contributed by atoms with van der Waals surface area (Å²) in [7, 11) is 0. The van der Waals surface area contributed by atoms with E-state index >= 15 is 0 Å². The van der Waals surface area contributed by atoms with Gasteiger partial charge in [0.1, 0.15) is 12.4 Å². The Kier molecular flexibility index (Phi) is 5.15. The predicted octanol–water partition coefficient (Wildman–Crippen LogP) is 0.998. The summed E-state index contributed by atoms with van der Waals surface area (Å²) in [6.45, 7) is 3.77. The van der Waals surface area contributed by atoms with Gasteiger partial charge in [0.25, 0.3) is 5.91 Å². The summed E-state index contributed by atoms with van der Waals surface area (Å²) < 4.78 is 5.34. The molecule has 2 aliphatic rings. The van der Waals surface area contributed by atoms with Crippen molar-refractivity contribution < 1.29 is 24.2 Å². The van der Waals surface area contributed by atoms with Crippen molar-refractivity contribution in [3.05, 3.63) is 23.7 Å². The van der Waals surface area contributed by atoms with Crippen molar-refractivity contribution in [1.82, 2.24) is 9.80 Å². The molecule has 2 amide bonds. The normalized spacial score (nSPS) is 21.6. The molecule has 2 saturated heterocycles. The van der Waals surface area contributed by atoms with E-state index in [0.29, 0.717) is 38.4 Å². The van der Waals surface area contributed by atoms with Gasteiger partial charge in [0, 0.05) is 32.6 Å². The molecule has 0 radical (unpaired) electrons. The summed E-state index contributed by atoms with van der Waals surface area (Å²) >= 11 is 0.